The third-order valence-corrected chi connectivity index (χ3v) is 6.04. The highest BCUT2D eigenvalue weighted by molar-refractivity contribution is 7.94. The maximum atomic E-state index is 12.7. The van der Waals surface area contributed by atoms with E-state index in [0.717, 1.165) is 12.1 Å². The van der Waals surface area contributed by atoms with Crippen LogP contribution in [0.25, 0.3) is 0 Å². The Balaban J connectivity index is 1.79. The number of rotatable bonds is 3. The Morgan fingerprint density at radius 3 is 2.32 bits per heavy atom. The van der Waals surface area contributed by atoms with Gasteiger partial charge in [-0.3, -0.25) is 9.59 Å². The average Bonchev–Trinajstić information content (AvgIpc) is 2.81. The molecule has 1 atom stereocenters. The molecule has 2 aromatic rings. The second kappa shape index (κ2) is 6.93. The molecule has 0 aliphatic carbocycles. The normalized spacial score (nSPS) is 18.9. The van der Waals surface area contributed by atoms with Crippen LogP contribution in [0.1, 0.15) is 22.8 Å². The zero-order valence-electron chi connectivity index (χ0n) is 14.5. The van der Waals surface area contributed by atoms with Crippen molar-refractivity contribution in [3.63, 3.8) is 0 Å². The highest BCUT2D eigenvalue weighted by atomic mass is 32.2. The molecule has 2 amide bonds. The third-order valence-electron chi connectivity index (χ3n) is 4.17. The molecule has 6 nitrogen and oxygen atoms in total. The van der Waals surface area contributed by atoms with Crippen molar-refractivity contribution in [1.82, 2.24) is 0 Å². The van der Waals surface area contributed by atoms with E-state index >= 15 is 0 Å². The minimum Gasteiger partial charge on any atom is -0.322 e. The van der Waals surface area contributed by atoms with E-state index in [1.807, 2.05) is 0 Å². The highest BCUT2D eigenvalue weighted by Crippen LogP contribution is 2.31. The quantitative estimate of drug-likeness (QED) is 0.839. The number of hydrogen-bond acceptors (Lipinski definition) is 4. The number of carbonyl (C=O) groups is 2. The molecule has 1 heterocycles. The fourth-order valence-corrected chi connectivity index (χ4v) is 4.63. The molecule has 1 aliphatic rings. The summed E-state index contributed by atoms with van der Waals surface area (Å²) in [4.78, 5) is 24.3. The number of anilines is 2. The molecule has 1 saturated heterocycles. The minimum absolute atomic E-state index is 0.0324. The van der Waals surface area contributed by atoms with Gasteiger partial charge in [-0.1, -0.05) is 13.0 Å². The topological polar surface area (TPSA) is 83.6 Å². The van der Waals surface area contributed by atoms with Gasteiger partial charge in [0.15, 0.2) is 0 Å². The van der Waals surface area contributed by atoms with Crippen molar-refractivity contribution in [2.45, 2.75) is 13.1 Å². The minimum atomic E-state index is -4.53. The first-order valence-electron chi connectivity index (χ1n) is 8.14. The molecule has 0 saturated carbocycles. The summed E-state index contributed by atoms with van der Waals surface area (Å²) in [5.74, 6) is -2.17. The van der Waals surface area contributed by atoms with Crippen LogP contribution in [0.3, 0.4) is 0 Å². The summed E-state index contributed by atoms with van der Waals surface area (Å²) in [5.41, 5.74) is -0.731. The molecule has 0 aromatic heterocycles. The van der Waals surface area contributed by atoms with Gasteiger partial charge in [0.1, 0.15) is 0 Å². The predicted molar refractivity (Wildman–Crippen MR) is 96.3 cm³/mol. The van der Waals surface area contributed by atoms with E-state index in [4.69, 9.17) is 0 Å². The first-order chi connectivity index (χ1) is 13.0. The number of sulfonamides is 1. The monoisotopic (exact) mass is 412 g/mol. The Bertz CT molecular complexity index is 1030. The highest BCUT2D eigenvalue weighted by Gasteiger charge is 2.41. The molecule has 0 radical (unpaired) electrons. The van der Waals surface area contributed by atoms with Crippen molar-refractivity contribution in [1.29, 1.82) is 0 Å². The number of halogens is 3. The van der Waals surface area contributed by atoms with Gasteiger partial charge in [0.25, 0.3) is 5.91 Å². The molecule has 3 rings (SSSR count). The molecule has 2 aromatic carbocycles. The molecule has 28 heavy (non-hydrogen) atoms. The lowest BCUT2D eigenvalue weighted by molar-refractivity contribution is -0.137. The molecule has 148 valence electrons. The number of benzene rings is 2. The van der Waals surface area contributed by atoms with E-state index in [1.54, 1.807) is 0 Å². The Kier molecular flexibility index (Phi) is 4.92. The number of hydrogen-bond donors (Lipinski definition) is 1. The van der Waals surface area contributed by atoms with Gasteiger partial charge in [0.05, 0.1) is 22.9 Å². The van der Waals surface area contributed by atoms with Crippen molar-refractivity contribution < 1.29 is 31.2 Å². The van der Waals surface area contributed by atoms with Crippen LogP contribution in [0, 0.1) is 5.92 Å². The lowest BCUT2D eigenvalue weighted by atomic mass is 10.1. The molecular weight excluding hydrogens is 397 g/mol. The molecule has 0 unspecified atom stereocenters. The van der Waals surface area contributed by atoms with Crippen LogP contribution in [-0.4, -0.2) is 26.0 Å². The van der Waals surface area contributed by atoms with Crippen LogP contribution in [0.5, 0.6) is 0 Å². The Hall–Kier alpha value is -2.88. The lowest BCUT2D eigenvalue weighted by Gasteiger charge is -2.15. The molecular formula is C18H15F3N2O4S. The Labute approximate surface area is 159 Å². The molecule has 0 bridgehead atoms. The number of alkyl halides is 3. The third kappa shape index (κ3) is 3.86. The number of amides is 2. The van der Waals surface area contributed by atoms with E-state index in [2.05, 4.69) is 5.32 Å². The van der Waals surface area contributed by atoms with Crippen LogP contribution in [0.2, 0.25) is 0 Å². The van der Waals surface area contributed by atoms with E-state index < -0.39 is 39.5 Å². The van der Waals surface area contributed by atoms with Gasteiger partial charge in [-0.05, 0) is 42.5 Å². The zero-order chi connectivity index (χ0) is 20.7. The molecule has 1 N–H and O–H groups in total. The van der Waals surface area contributed by atoms with Crippen LogP contribution in [0.15, 0.2) is 48.5 Å². The molecule has 10 heteroatoms. The maximum absolute atomic E-state index is 12.7. The molecule has 1 fully saturated rings. The second-order valence-electron chi connectivity index (χ2n) is 6.36. The number of nitrogens with one attached hydrogen (secondary N) is 1. The average molecular weight is 412 g/mol. The maximum Gasteiger partial charge on any atom is 0.416 e. The van der Waals surface area contributed by atoms with Crippen molar-refractivity contribution in [3.05, 3.63) is 59.7 Å². The van der Waals surface area contributed by atoms with Gasteiger partial charge in [-0.15, -0.1) is 0 Å². The molecule has 0 spiro atoms. The summed E-state index contributed by atoms with van der Waals surface area (Å²) in [6.07, 6.45) is -4.53. The smallest absolute Gasteiger partial charge is 0.322 e. The van der Waals surface area contributed by atoms with Gasteiger partial charge in [0.2, 0.25) is 15.9 Å². The van der Waals surface area contributed by atoms with E-state index in [1.165, 1.54) is 43.3 Å². The standard InChI is InChI=1S/C18H15F3N2O4S/c1-11-10-28(26,27)23(17(11)25)15-7-5-12(6-8-15)16(24)22-14-4-2-3-13(9-14)18(19,20)21/h2-9,11H,10H2,1H3,(H,22,24)/t11-/m1/s1. The summed E-state index contributed by atoms with van der Waals surface area (Å²) >= 11 is 0. The van der Waals surface area contributed by atoms with Gasteiger partial charge in [-0.25, -0.2) is 12.7 Å². The SMILES string of the molecule is C[C@@H]1CS(=O)(=O)N(c2ccc(C(=O)Nc3cccc(C(F)(F)F)c3)cc2)C1=O. The summed E-state index contributed by atoms with van der Waals surface area (Å²) < 4.78 is 63.1. The van der Waals surface area contributed by atoms with Gasteiger partial charge < -0.3 is 5.32 Å². The van der Waals surface area contributed by atoms with Crippen molar-refractivity contribution in [2.24, 2.45) is 5.92 Å². The van der Waals surface area contributed by atoms with Crippen molar-refractivity contribution in [2.75, 3.05) is 15.4 Å². The van der Waals surface area contributed by atoms with Gasteiger partial charge >= 0.3 is 6.18 Å². The van der Waals surface area contributed by atoms with E-state index in [-0.39, 0.29) is 22.7 Å². The van der Waals surface area contributed by atoms with E-state index in [9.17, 15) is 31.2 Å². The first-order valence-corrected chi connectivity index (χ1v) is 9.75. The summed E-state index contributed by atoms with van der Waals surface area (Å²) in [6, 6.07) is 9.38. The largest absolute Gasteiger partial charge is 0.416 e. The fraction of sp³-hybridized carbons (Fsp3) is 0.222. The lowest BCUT2D eigenvalue weighted by Crippen LogP contribution is -2.30. The summed E-state index contributed by atoms with van der Waals surface area (Å²) in [7, 11) is -3.76. The van der Waals surface area contributed by atoms with Crippen LogP contribution >= 0.6 is 0 Å². The van der Waals surface area contributed by atoms with Crippen LogP contribution in [-0.2, 0) is 21.0 Å². The molecule has 1 aliphatic heterocycles. The number of carbonyl (C=O) groups excluding carboxylic acids is 2. The summed E-state index contributed by atoms with van der Waals surface area (Å²) in [6.45, 7) is 1.51. The van der Waals surface area contributed by atoms with Crippen molar-refractivity contribution >= 4 is 33.2 Å². The zero-order valence-corrected chi connectivity index (χ0v) is 15.3. The van der Waals surface area contributed by atoms with Gasteiger partial charge in [0, 0.05) is 11.3 Å². The Morgan fingerprint density at radius 2 is 1.79 bits per heavy atom. The Morgan fingerprint density at radius 1 is 1.14 bits per heavy atom. The fourth-order valence-electron chi connectivity index (χ4n) is 2.81. The van der Waals surface area contributed by atoms with Crippen molar-refractivity contribution in [3.8, 4) is 0 Å². The number of nitrogens with zero attached hydrogens (tertiary/aromatic N) is 1. The predicted octanol–water partition coefficient (Wildman–Crippen LogP) is 3.27. The summed E-state index contributed by atoms with van der Waals surface area (Å²) in [5, 5.41) is 2.35. The second-order valence-corrected chi connectivity index (χ2v) is 8.22. The first kappa shape index (κ1) is 19.9. The van der Waals surface area contributed by atoms with E-state index in [0.29, 0.717) is 4.31 Å². The van der Waals surface area contributed by atoms with Crippen LogP contribution in [0.4, 0.5) is 24.5 Å². The van der Waals surface area contributed by atoms with Gasteiger partial charge in [-0.2, -0.15) is 13.2 Å². The van der Waals surface area contributed by atoms with Crippen LogP contribution < -0.4 is 9.62 Å².